The van der Waals surface area contributed by atoms with E-state index in [1.165, 1.54) is 4.90 Å². The number of anilines is 2. The van der Waals surface area contributed by atoms with E-state index in [1.807, 2.05) is 12.1 Å². The van der Waals surface area contributed by atoms with Gasteiger partial charge in [-0.3, -0.25) is 14.5 Å². The van der Waals surface area contributed by atoms with E-state index in [2.05, 4.69) is 5.32 Å². The summed E-state index contributed by atoms with van der Waals surface area (Å²) in [5.41, 5.74) is 2.30. The molecule has 1 fully saturated rings. The average molecular weight is 556 g/mol. The molecule has 37 heavy (non-hydrogen) atoms. The Labute approximate surface area is 229 Å². The summed E-state index contributed by atoms with van der Waals surface area (Å²) in [6.07, 6.45) is -0.118. The van der Waals surface area contributed by atoms with Crippen LogP contribution in [-0.4, -0.2) is 40.4 Å². The van der Waals surface area contributed by atoms with Crippen molar-refractivity contribution < 1.29 is 19.1 Å². The molecule has 0 radical (unpaired) electrons. The van der Waals surface area contributed by atoms with Gasteiger partial charge >= 0.3 is 5.97 Å². The van der Waals surface area contributed by atoms with Crippen LogP contribution in [0.3, 0.4) is 0 Å². The lowest BCUT2D eigenvalue weighted by Crippen LogP contribution is -2.37. The first kappa shape index (κ1) is 26.6. The van der Waals surface area contributed by atoms with E-state index >= 15 is 0 Å². The Bertz CT molecular complexity index is 1310. The van der Waals surface area contributed by atoms with Crippen molar-refractivity contribution in [2.24, 2.45) is 0 Å². The fourth-order valence-electron chi connectivity index (χ4n) is 3.92. The van der Waals surface area contributed by atoms with Crippen LogP contribution in [0, 0.1) is 0 Å². The molecular formula is C27H23Cl2N3O4S. The van der Waals surface area contributed by atoms with Crippen molar-refractivity contribution >= 4 is 69.7 Å². The first-order chi connectivity index (χ1) is 17.8. The topological polar surface area (TPSA) is 78.9 Å². The number of amides is 2. The number of hydrogen-bond donors (Lipinski definition) is 1. The second-order valence-corrected chi connectivity index (χ2v) is 9.49. The van der Waals surface area contributed by atoms with Gasteiger partial charge in [-0.15, -0.1) is 0 Å². The van der Waals surface area contributed by atoms with Gasteiger partial charge in [0.25, 0.3) is 5.91 Å². The Morgan fingerprint density at radius 1 is 0.946 bits per heavy atom. The summed E-state index contributed by atoms with van der Waals surface area (Å²) in [7, 11) is 0. The smallest absolute Gasteiger partial charge is 0.338 e. The lowest BCUT2D eigenvalue weighted by Gasteiger charge is -2.24. The van der Waals surface area contributed by atoms with E-state index in [-0.39, 0.29) is 30.0 Å². The summed E-state index contributed by atoms with van der Waals surface area (Å²) in [5, 5.41) is 4.20. The minimum Gasteiger partial charge on any atom is -0.462 e. The van der Waals surface area contributed by atoms with E-state index in [1.54, 1.807) is 72.5 Å². The summed E-state index contributed by atoms with van der Waals surface area (Å²) in [4.78, 5) is 41.7. The molecule has 3 aromatic rings. The summed E-state index contributed by atoms with van der Waals surface area (Å²) in [6, 6.07) is 19.5. The zero-order valence-corrected chi connectivity index (χ0v) is 22.1. The van der Waals surface area contributed by atoms with Crippen LogP contribution in [0.2, 0.25) is 10.0 Å². The minimum absolute atomic E-state index is 0.118. The number of hydrogen-bond acceptors (Lipinski definition) is 5. The number of halogens is 2. The zero-order valence-electron chi connectivity index (χ0n) is 19.8. The molecule has 1 atom stereocenters. The molecule has 2 amide bonds. The lowest BCUT2D eigenvalue weighted by atomic mass is 10.1. The summed E-state index contributed by atoms with van der Waals surface area (Å²) >= 11 is 17.7. The standard InChI is InChI=1S/C27H23Cl2N3O4S/c1-2-36-26(35)18-5-13-22(14-6-18)32-25(34)23(15-24(33)30-21-11-9-20(29)10-12-21)31(27(32)37)16-17-3-7-19(28)8-4-17/h3-14,23H,2,15-16H2,1H3,(H,30,33)/t23-/m0/s1. The number of rotatable bonds is 8. The molecule has 0 bridgehead atoms. The van der Waals surface area contributed by atoms with Gasteiger partial charge in [0.2, 0.25) is 5.91 Å². The highest BCUT2D eigenvalue weighted by molar-refractivity contribution is 7.80. The maximum absolute atomic E-state index is 13.6. The number of benzene rings is 3. The summed E-state index contributed by atoms with van der Waals surface area (Å²) in [6.45, 7) is 2.29. The average Bonchev–Trinajstić information content (AvgIpc) is 3.10. The first-order valence-electron chi connectivity index (χ1n) is 11.5. The number of nitrogens with zero attached hydrogens (tertiary/aromatic N) is 2. The van der Waals surface area contributed by atoms with E-state index in [9.17, 15) is 14.4 Å². The second kappa shape index (κ2) is 11.7. The predicted octanol–water partition coefficient (Wildman–Crippen LogP) is 5.70. The Hall–Kier alpha value is -3.46. The predicted molar refractivity (Wildman–Crippen MR) is 148 cm³/mol. The van der Waals surface area contributed by atoms with Gasteiger partial charge in [0.05, 0.1) is 24.3 Å². The van der Waals surface area contributed by atoms with Crippen molar-refractivity contribution in [1.29, 1.82) is 0 Å². The zero-order chi connectivity index (χ0) is 26.5. The first-order valence-corrected chi connectivity index (χ1v) is 12.6. The highest BCUT2D eigenvalue weighted by Gasteiger charge is 2.44. The Balaban J connectivity index is 1.59. The van der Waals surface area contributed by atoms with Crippen LogP contribution in [0.5, 0.6) is 0 Å². The van der Waals surface area contributed by atoms with Crippen molar-refractivity contribution in [1.82, 2.24) is 4.90 Å². The molecule has 1 aliphatic heterocycles. The fraction of sp³-hybridized carbons (Fsp3) is 0.185. The van der Waals surface area contributed by atoms with E-state index in [4.69, 9.17) is 40.2 Å². The number of carbonyl (C=O) groups is 3. The van der Waals surface area contributed by atoms with Crippen LogP contribution in [0.4, 0.5) is 11.4 Å². The molecule has 4 rings (SSSR count). The minimum atomic E-state index is -0.833. The van der Waals surface area contributed by atoms with E-state index in [0.717, 1.165) is 5.56 Å². The molecule has 0 aromatic heterocycles. The molecule has 1 N–H and O–H groups in total. The summed E-state index contributed by atoms with van der Waals surface area (Å²) < 4.78 is 5.03. The van der Waals surface area contributed by atoms with Crippen molar-refractivity contribution in [3.8, 4) is 0 Å². The largest absolute Gasteiger partial charge is 0.462 e. The van der Waals surface area contributed by atoms with Gasteiger partial charge in [0.1, 0.15) is 6.04 Å². The molecule has 0 saturated carbocycles. The number of nitrogens with one attached hydrogen (secondary N) is 1. The Morgan fingerprint density at radius 2 is 1.54 bits per heavy atom. The maximum atomic E-state index is 13.6. The third-order valence-corrected chi connectivity index (χ3v) is 6.65. The van der Waals surface area contributed by atoms with Crippen LogP contribution in [-0.2, 0) is 20.9 Å². The molecule has 7 nitrogen and oxygen atoms in total. The number of carbonyl (C=O) groups excluding carboxylic acids is 3. The third kappa shape index (κ3) is 6.28. The molecular weight excluding hydrogens is 533 g/mol. The van der Waals surface area contributed by atoms with Crippen molar-refractivity contribution in [2.45, 2.75) is 25.9 Å². The van der Waals surface area contributed by atoms with E-state index < -0.39 is 12.0 Å². The maximum Gasteiger partial charge on any atom is 0.338 e. The number of thiocarbonyl (C=S) groups is 1. The fourth-order valence-corrected chi connectivity index (χ4v) is 4.56. The van der Waals surface area contributed by atoms with Crippen LogP contribution in [0.15, 0.2) is 72.8 Å². The number of ether oxygens (including phenoxy) is 1. The van der Waals surface area contributed by atoms with Crippen molar-refractivity contribution in [3.63, 3.8) is 0 Å². The van der Waals surface area contributed by atoms with Crippen LogP contribution in [0.25, 0.3) is 0 Å². The van der Waals surface area contributed by atoms with Crippen molar-refractivity contribution in [2.75, 3.05) is 16.8 Å². The van der Waals surface area contributed by atoms with Gasteiger partial charge in [-0.05, 0) is 85.4 Å². The van der Waals surface area contributed by atoms with Gasteiger partial charge in [0, 0.05) is 22.3 Å². The normalized spacial score (nSPS) is 15.2. The molecule has 1 heterocycles. The van der Waals surface area contributed by atoms with Crippen LogP contribution >= 0.6 is 35.4 Å². The van der Waals surface area contributed by atoms with Gasteiger partial charge in [-0.1, -0.05) is 35.3 Å². The summed E-state index contributed by atoms with van der Waals surface area (Å²) in [5.74, 6) is -1.14. The highest BCUT2D eigenvalue weighted by atomic mass is 35.5. The SMILES string of the molecule is CCOC(=O)c1ccc(N2C(=O)[C@H](CC(=O)Nc3ccc(Cl)cc3)N(Cc3ccc(Cl)cc3)C2=S)cc1. The molecule has 10 heteroatoms. The third-order valence-electron chi connectivity index (χ3n) is 5.73. The molecule has 0 unspecified atom stereocenters. The molecule has 0 spiro atoms. The molecule has 3 aromatic carbocycles. The van der Waals surface area contributed by atoms with Gasteiger partial charge < -0.3 is 15.0 Å². The highest BCUT2D eigenvalue weighted by Crippen LogP contribution is 2.29. The molecule has 0 aliphatic carbocycles. The number of esters is 1. The van der Waals surface area contributed by atoms with Gasteiger partial charge in [0.15, 0.2) is 5.11 Å². The quantitative estimate of drug-likeness (QED) is 0.283. The van der Waals surface area contributed by atoms with Crippen molar-refractivity contribution in [3.05, 3.63) is 94.0 Å². The second-order valence-electron chi connectivity index (χ2n) is 8.25. The Morgan fingerprint density at radius 3 is 2.14 bits per heavy atom. The van der Waals surface area contributed by atoms with Gasteiger partial charge in [-0.25, -0.2) is 4.79 Å². The molecule has 1 aliphatic rings. The Kier molecular flexibility index (Phi) is 8.43. The van der Waals surface area contributed by atoms with Crippen LogP contribution < -0.4 is 10.2 Å². The molecule has 1 saturated heterocycles. The lowest BCUT2D eigenvalue weighted by molar-refractivity contribution is -0.124. The van der Waals surface area contributed by atoms with E-state index in [0.29, 0.717) is 33.5 Å². The monoisotopic (exact) mass is 555 g/mol. The molecule has 190 valence electrons. The van der Waals surface area contributed by atoms with Crippen LogP contribution in [0.1, 0.15) is 29.3 Å². The van der Waals surface area contributed by atoms with Gasteiger partial charge in [-0.2, -0.15) is 0 Å².